The van der Waals surface area contributed by atoms with Crippen LogP contribution in [-0.4, -0.2) is 32.2 Å². The molecule has 22 heavy (non-hydrogen) atoms. The summed E-state index contributed by atoms with van der Waals surface area (Å²) in [5.74, 6) is 0. The fourth-order valence-corrected chi connectivity index (χ4v) is 3.10. The highest BCUT2D eigenvalue weighted by atomic mass is 28.4. The van der Waals surface area contributed by atoms with Gasteiger partial charge in [-0.1, -0.05) is 57.2 Å². The molecular weight excluding hydrogens is 292 g/mol. The van der Waals surface area contributed by atoms with Gasteiger partial charge in [0.15, 0.2) is 8.32 Å². The van der Waals surface area contributed by atoms with E-state index < -0.39 is 14.4 Å². The second-order valence-corrected chi connectivity index (χ2v) is 11.9. The van der Waals surface area contributed by atoms with Crippen LogP contribution in [-0.2, 0) is 15.8 Å². The van der Waals surface area contributed by atoms with Crippen LogP contribution in [0.25, 0.3) is 0 Å². The number of rotatable bonds is 8. The highest BCUT2D eigenvalue weighted by Gasteiger charge is 2.40. The Balaban J connectivity index is 2.71. The van der Waals surface area contributed by atoms with Gasteiger partial charge in [-0.2, -0.15) is 0 Å². The van der Waals surface area contributed by atoms with Crippen LogP contribution < -0.4 is 0 Å². The van der Waals surface area contributed by atoms with Gasteiger partial charge in [0, 0.05) is 0 Å². The molecule has 2 atom stereocenters. The Morgan fingerprint density at radius 3 is 2.27 bits per heavy atom. The predicted molar refractivity (Wildman–Crippen MR) is 94.4 cm³/mol. The molecule has 0 spiro atoms. The topological polar surface area (TPSA) is 38.7 Å². The fourth-order valence-electron chi connectivity index (χ4n) is 1.82. The van der Waals surface area contributed by atoms with Crippen LogP contribution in [0.2, 0.25) is 18.1 Å². The number of hydrogen-bond acceptors (Lipinski definition) is 3. The molecule has 1 aromatic carbocycles. The number of aliphatic hydroxyl groups excluding tert-OH is 1. The molecule has 0 unspecified atom stereocenters. The van der Waals surface area contributed by atoms with Crippen molar-refractivity contribution in [2.45, 2.75) is 57.7 Å². The zero-order valence-corrected chi connectivity index (χ0v) is 15.5. The molecule has 1 N–H and O–H groups in total. The van der Waals surface area contributed by atoms with Crippen molar-refractivity contribution in [1.82, 2.24) is 0 Å². The minimum Gasteiger partial charge on any atom is -0.408 e. The van der Waals surface area contributed by atoms with E-state index in [1.807, 2.05) is 30.3 Å². The second-order valence-electron chi connectivity index (χ2n) is 7.10. The van der Waals surface area contributed by atoms with Crippen LogP contribution >= 0.6 is 0 Å². The third kappa shape index (κ3) is 5.36. The summed E-state index contributed by atoms with van der Waals surface area (Å²) in [5.41, 5.74) is 1.08. The van der Waals surface area contributed by atoms with Crippen molar-refractivity contribution in [3.8, 4) is 0 Å². The van der Waals surface area contributed by atoms with Gasteiger partial charge < -0.3 is 14.3 Å². The van der Waals surface area contributed by atoms with E-state index in [9.17, 15) is 5.11 Å². The predicted octanol–water partition coefficient (Wildman–Crippen LogP) is 4.14. The highest BCUT2D eigenvalue weighted by Crippen LogP contribution is 2.37. The standard InChI is InChI=1S/C18H30O3Si/c1-7-16(21-22(5,6)18(2,3)4)17(13-19)20-14-15-11-9-8-10-12-15/h7-12,16-17,19H,1,13-14H2,2-6H3/t16-,17-/m0/s1. The van der Waals surface area contributed by atoms with Gasteiger partial charge in [-0.15, -0.1) is 6.58 Å². The molecule has 1 rings (SSSR count). The summed E-state index contributed by atoms with van der Waals surface area (Å²) in [6.45, 7) is 15.2. The Morgan fingerprint density at radius 2 is 1.82 bits per heavy atom. The van der Waals surface area contributed by atoms with Gasteiger partial charge in [-0.3, -0.25) is 0 Å². The lowest BCUT2D eigenvalue weighted by molar-refractivity contribution is -0.0496. The summed E-state index contributed by atoms with van der Waals surface area (Å²) >= 11 is 0. The first-order valence-electron chi connectivity index (χ1n) is 7.78. The van der Waals surface area contributed by atoms with E-state index in [4.69, 9.17) is 9.16 Å². The summed E-state index contributed by atoms with van der Waals surface area (Å²) in [4.78, 5) is 0. The maximum atomic E-state index is 9.67. The number of ether oxygens (including phenoxy) is 1. The van der Waals surface area contributed by atoms with Gasteiger partial charge in [0.1, 0.15) is 6.10 Å². The van der Waals surface area contributed by atoms with E-state index in [2.05, 4.69) is 40.4 Å². The first-order valence-corrected chi connectivity index (χ1v) is 10.7. The molecule has 0 aliphatic heterocycles. The first kappa shape index (κ1) is 19.1. The molecule has 0 radical (unpaired) electrons. The Labute approximate surface area is 136 Å². The Kier molecular flexibility index (Phi) is 7.00. The van der Waals surface area contributed by atoms with Gasteiger partial charge in [0.2, 0.25) is 0 Å². The molecule has 0 aromatic heterocycles. The van der Waals surface area contributed by atoms with Crippen LogP contribution in [0, 0.1) is 0 Å². The summed E-state index contributed by atoms with van der Waals surface area (Å²) in [6, 6.07) is 9.94. The number of benzene rings is 1. The molecule has 0 aliphatic carbocycles. The lowest BCUT2D eigenvalue weighted by Gasteiger charge is -2.40. The van der Waals surface area contributed by atoms with Gasteiger partial charge in [0.05, 0.1) is 19.3 Å². The summed E-state index contributed by atoms with van der Waals surface area (Å²) in [6.07, 6.45) is 1.05. The van der Waals surface area contributed by atoms with Gasteiger partial charge in [-0.05, 0) is 23.7 Å². The van der Waals surface area contributed by atoms with Crippen molar-refractivity contribution in [1.29, 1.82) is 0 Å². The molecule has 0 saturated carbocycles. The van der Waals surface area contributed by atoms with E-state index in [0.717, 1.165) is 5.56 Å². The van der Waals surface area contributed by atoms with E-state index in [0.29, 0.717) is 6.61 Å². The molecular formula is C18H30O3Si. The fraction of sp³-hybridized carbons (Fsp3) is 0.556. The molecule has 0 amide bonds. The zero-order chi connectivity index (χ0) is 16.8. The Morgan fingerprint density at radius 1 is 1.23 bits per heavy atom. The van der Waals surface area contributed by atoms with Crippen LogP contribution in [0.4, 0.5) is 0 Å². The average Bonchev–Trinajstić information content (AvgIpc) is 2.46. The smallest absolute Gasteiger partial charge is 0.193 e. The third-order valence-electron chi connectivity index (χ3n) is 4.32. The highest BCUT2D eigenvalue weighted by molar-refractivity contribution is 6.74. The van der Waals surface area contributed by atoms with Gasteiger partial charge >= 0.3 is 0 Å². The maximum absolute atomic E-state index is 9.67. The molecule has 3 nitrogen and oxygen atoms in total. The lowest BCUT2D eigenvalue weighted by Crippen LogP contribution is -2.47. The second kappa shape index (κ2) is 8.06. The van der Waals surface area contributed by atoms with Crippen molar-refractivity contribution in [3.05, 3.63) is 48.6 Å². The molecule has 0 aliphatic rings. The van der Waals surface area contributed by atoms with E-state index >= 15 is 0 Å². The SMILES string of the molecule is C=C[C@H](O[Si](C)(C)C(C)(C)C)[C@H](CO)OCc1ccccc1. The minimum absolute atomic E-state index is 0.0852. The zero-order valence-electron chi connectivity index (χ0n) is 14.5. The van der Waals surface area contributed by atoms with Crippen LogP contribution in [0.1, 0.15) is 26.3 Å². The van der Waals surface area contributed by atoms with Gasteiger partial charge in [-0.25, -0.2) is 0 Å². The van der Waals surface area contributed by atoms with Crippen LogP contribution in [0.5, 0.6) is 0 Å². The normalized spacial score (nSPS) is 15.4. The summed E-state index contributed by atoms with van der Waals surface area (Å²) in [5, 5.41) is 9.77. The number of hydrogen-bond donors (Lipinski definition) is 1. The van der Waals surface area contributed by atoms with Crippen molar-refractivity contribution < 1.29 is 14.3 Å². The van der Waals surface area contributed by atoms with Crippen molar-refractivity contribution in [2.75, 3.05) is 6.61 Å². The molecule has 0 saturated heterocycles. The van der Waals surface area contributed by atoms with Crippen molar-refractivity contribution in [2.24, 2.45) is 0 Å². The molecule has 0 fully saturated rings. The van der Waals surface area contributed by atoms with Crippen molar-refractivity contribution >= 4 is 8.32 Å². The van der Waals surface area contributed by atoms with Gasteiger partial charge in [0.25, 0.3) is 0 Å². The summed E-state index contributed by atoms with van der Waals surface area (Å²) in [7, 11) is -1.94. The average molecular weight is 323 g/mol. The molecule has 0 heterocycles. The van der Waals surface area contributed by atoms with E-state index in [-0.39, 0.29) is 17.7 Å². The first-order chi connectivity index (χ1) is 10.2. The minimum atomic E-state index is -1.94. The van der Waals surface area contributed by atoms with Crippen molar-refractivity contribution in [3.63, 3.8) is 0 Å². The quantitative estimate of drug-likeness (QED) is 0.577. The molecule has 124 valence electrons. The summed E-state index contributed by atoms with van der Waals surface area (Å²) < 4.78 is 12.2. The van der Waals surface area contributed by atoms with Crippen LogP contribution in [0.15, 0.2) is 43.0 Å². The lowest BCUT2D eigenvalue weighted by atomic mass is 10.2. The molecule has 1 aromatic rings. The number of aliphatic hydroxyl groups is 1. The maximum Gasteiger partial charge on any atom is 0.193 e. The molecule has 0 bridgehead atoms. The Hall–Kier alpha value is -0.943. The molecule has 4 heteroatoms. The Bertz CT molecular complexity index is 451. The van der Waals surface area contributed by atoms with E-state index in [1.54, 1.807) is 6.08 Å². The van der Waals surface area contributed by atoms with Crippen LogP contribution in [0.3, 0.4) is 0 Å². The van der Waals surface area contributed by atoms with E-state index in [1.165, 1.54) is 0 Å². The third-order valence-corrected chi connectivity index (χ3v) is 8.80. The monoisotopic (exact) mass is 322 g/mol. The largest absolute Gasteiger partial charge is 0.408 e.